The third kappa shape index (κ3) is 3.34. The molecule has 1 unspecified atom stereocenters. The van der Waals surface area contributed by atoms with Gasteiger partial charge in [-0.3, -0.25) is 4.68 Å². The minimum Gasteiger partial charge on any atom is -0.317 e. The zero-order chi connectivity index (χ0) is 11.3. The van der Waals surface area contributed by atoms with E-state index in [4.69, 9.17) is 0 Å². The number of aryl methyl sites for hydroxylation is 2. The SMILES string of the molecule is CCCC(Cc1cc(CC)nn1C)NC. The van der Waals surface area contributed by atoms with Crippen LogP contribution in [-0.4, -0.2) is 22.9 Å². The second kappa shape index (κ2) is 5.91. The third-order valence-electron chi connectivity index (χ3n) is 2.89. The molecule has 0 aliphatic heterocycles. The Balaban J connectivity index is 2.65. The first-order chi connectivity index (χ1) is 7.21. The smallest absolute Gasteiger partial charge is 0.0624 e. The summed E-state index contributed by atoms with van der Waals surface area (Å²) in [6.07, 6.45) is 4.55. The Morgan fingerprint density at radius 2 is 2.20 bits per heavy atom. The van der Waals surface area contributed by atoms with E-state index in [1.807, 2.05) is 18.8 Å². The van der Waals surface area contributed by atoms with Crippen molar-refractivity contribution in [3.63, 3.8) is 0 Å². The van der Waals surface area contributed by atoms with Crippen molar-refractivity contribution < 1.29 is 0 Å². The van der Waals surface area contributed by atoms with Gasteiger partial charge in [-0.25, -0.2) is 0 Å². The summed E-state index contributed by atoms with van der Waals surface area (Å²) in [5.41, 5.74) is 2.53. The zero-order valence-electron chi connectivity index (χ0n) is 10.4. The van der Waals surface area contributed by atoms with E-state index >= 15 is 0 Å². The van der Waals surface area contributed by atoms with Crippen LogP contribution in [0.1, 0.15) is 38.1 Å². The van der Waals surface area contributed by atoms with Gasteiger partial charge >= 0.3 is 0 Å². The molecule has 0 aromatic carbocycles. The van der Waals surface area contributed by atoms with E-state index in [1.54, 1.807) is 0 Å². The van der Waals surface area contributed by atoms with Crippen LogP contribution in [0.2, 0.25) is 0 Å². The maximum absolute atomic E-state index is 4.47. The van der Waals surface area contributed by atoms with Crippen LogP contribution in [0.5, 0.6) is 0 Å². The van der Waals surface area contributed by atoms with Gasteiger partial charge in [-0.2, -0.15) is 5.10 Å². The minimum atomic E-state index is 0.579. The fourth-order valence-electron chi connectivity index (χ4n) is 1.88. The van der Waals surface area contributed by atoms with E-state index in [9.17, 15) is 0 Å². The van der Waals surface area contributed by atoms with Gasteiger partial charge in [-0.15, -0.1) is 0 Å². The van der Waals surface area contributed by atoms with Crippen LogP contribution in [0.25, 0.3) is 0 Å². The monoisotopic (exact) mass is 209 g/mol. The lowest BCUT2D eigenvalue weighted by Crippen LogP contribution is -2.28. The van der Waals surface area contributed by atoms with Gasteiger partial charge in [0.15, 0.2) is 0 Å². The van der Waals surface area contributed by atoms with Crippen molar-refractivity contribution in [2.75, 3.05) is 7.05 Å². The summed E-state index contributed by atoms with van der Waals surface area (Å²) in [5, 5.41) is 7.83. The van der Waals surface area contributed by atoms with Gasteiger partial charge in [-0.05, 0) is 26.0 Å². The minimum absolute atomic E-state index is 0.579. The Hall–Kier alpha value is -0.830. The molecule has 0 fully saturated rings. The fourth-order valence-corrected chi connectivity index (χ4v) is 1.88. The molecule has 0 saturated carbocycles. The normalized spacial score (nSPS) is 13.1. The zero-order valence-corrected chi connectivity index (χ0v) is 10.4. The topological polar surface area (TPSA) is 29.9 Å². The Labute approximate surface area is 92.9 Å². The van der Waals surface area contributed by atoms with Crippen molar-refractivity contribution >= 4 is 0 Å². The molecule has 1 N–H and O–H groups in total. The first-order valence-electron chi connectivity index (χ1n) is 5.90. The highest BCUT2D eigenvalue weighted by molar-refractivity contribution is 5.11. The van der Waals surface area contributed by atoms with E-state index in [0.717, 1.165) is 12.8 Å². The Morgan fingerprint density at radius 3 is 2.67 bits per heavy atom. The standard InChI is InChI=1S/C12H23N3/c1-5-7-11(13-3)9-12-8-10(6-2)14-15(12)4/h8,11,13H,5-7,9H2,1-4H3. The number of nitrogens with zero attached hydrogens (tertiary/aromatic N) is 2. The molecule has 0 saturated heterocycles. The molecule has 1 aromatic rings. The Morgan fingerprint density at radius 1 is 1.47 bits per heavy atom. The summed E-state index contributed by atoms with van der Waals surface area (Å²) in [5.74, 6) is 0. The number of hydrogen-bond acceptors (Lipinski definition) is 2. The van der Waals surface area contributed by atoms with E-state index in [1.165, 1.54) is 24.2 Å². The first kappa shape index (κ1) is 12.2. The van der Waals surface area contributed by atoms with Crippen LogP contribution < -0.4 is 5.32 Å². The molecule has 0 aliphatic carbocycles. The number of hydrogen-bond donors (Lipinski definition) is 1. The van der Waals surface area contributed by atoms with Crippen LogP contribution in [-0.2, 0) is 19.9 Å². The predicted molar refractivity (Wildman–Crippen MR) is 64.0 cm³/mol. The van der Waals surface area contributed by atoms with E-state index in [2.05, 4.69) is 30.3 Å². The molecule has 15 heavy (non-hydrogen) atoms. The van der Waals surface area contributed by atoms with Crippen molar-refractivity contribution in [1.29, 1.82) is 0 Å². The van der Waals surface area contributed by atoms with Crippen LogP contribution >= 0.6 is 0 Å². The lowest BCUT2D eigenvalue weighted by Gasteiger charge is -2.14. The molecule has 86 valence electrons. The molecule has 3 nitrogen and oxygen atoms in total. The lowest BCUT2D eigenvalue weighted by atomic mass is 10.1. The van der Waals surface area contributed by atoms with E-state index < -0.39 is 0 Å². The van der Waals surface area contributed by atoms with Crippen molar-refractivity contribution in [3.05, 3.63) is 17.5 Å². The van der Waals surface area contributed by atoms with Crippen LogP contribution in [0.3, 0.4) is 0 Å². The summed E-state index contributed by atoms with van der Waals surface area (Å²) in [7, 11) is 4.07. The van der Waals surface area contributed by atoms with Crippen LogP contribution in [0.4, 0.5) is 0 Å². The molecule has 0 spiro atoms. The molecular weight excluding hydrogens is 186 g/mol. The average molecular weight is 209 g/mol. The summed E-state index contributed by atoms with van der Waals surface area (Å²) >= 11 is 0. The highest BCUT2D eigenvalue weighted by Gasteiger charge is 2.10. The Kier molecular flexibility index (Phi) is 4.82. The van der Waals surface area contributed by atoms with Gasteiger partial charge in [-0.1, -0.05) is 20.3 Å². The van der Waals surface area contributed by atoms with Crippen molar-refractivity contribution in [1.82, 2.24) is 15.1 Å². The highest BCUT2D eigenvalue weighted by atomic mass is 15.3. The van der Waals surface area contributed by atoms with Gasteiger partial charge < -0.3 is 5.32 Å². The molecular formula is C12H23N3. The molecule has 0 radical (unpaired) electrons. The summed E-state index contributed by atoms with van der Waals surface area (Å²) < 4.78 is 2.01. The maximum Gasteiger partial charge on any atom is 0.0624 e. The van der Waals surface area contributed by atoms with Gasteiger partial charge in [0.2, 0.25) is 0 Å². The number of nitrogens with one attached hydrogen (secondary N) is 1. The van der Waals surface area contributed by atoms with Gasteiger partial charge in [0.05, 0.1) is 5.69 Å². The predicted octanol–water partition coefficient (Wildman–Crippen LogP) is 1.91. The van der Waals surface area contributed by atoms with Crippen molar-refractivity contribution in [2.45, 2.75) is 45.6 Å². The number of likely N-dealkylation sites (N-methyl/N-ethyl adjacent to an activating group) is 1. The second-order valence-corrected chi connectivity index (χ2v) is 4.08. The van der Waals surface area contributed by atoms with E-state index in [-0.39, 0.29) is 0 Å². The van der Waals surface area contributed by atoms with Crippen LogP contribution in [0, 0.1) is 0 Å². The molecule has 0 aliphatic rings. The Bertz CT molecular complexity index is 291. The van der Waals surface area contributed by atoms with E-state index in [0.29, 0.717) is 6.04 Å². The average Bonchev–Trinajstić information content (AvgIpc) is 2.59. The molecule has 0 amide bonds. The van der Waals surface area contributed by atoms with Crippen molar-refractivity contribution in [2.24, 2.45) is 7.05 Å². The summed E-state index contributed by atoms with van der Waals surface area (Å²) in [4.78, 5) is 0. The van der Waals surface area contributed by atoms with Crippen molar-refractivity contribution in [3.8, 4) is 0 Å². The largest absolute Gasteiger partial charge is 0.317 e. The molecule has 3 heteroatoms. The molecule has 0 bridgehead atoms. The summed E-state index contributed by atoms with van der Waals surface area (Å²) in [6, 6.07) is 2.80. The molecule has 1 heterocycles. The summed E-state index contributed by atoms with van der Waals surface area (Å²) in [6.45, 7) is 4.37. The molecule has 1 atom stereocenters. The highest BCUT2D eigenvalue weighted by Crippen LogP contribution is 2.09. The quantitative estimate of drug-likeness (QED) is 0.775. The number of aromatic nitrogens is 2. The van der Waals surface area contributed by atoms with Crippen LogP contribution in [0.15, 0.2) is 6.07 Å². The first-order valence-corrected chi connectivity index (χ1v) is 5.90. The number of rotatable bonds is 6. The third-order valence-corrected chi connectivity index (χ3v) is 2.89. The molecule has 1 aromatic heterocycles. The maximum atomic E-state index is 4.47. The van der Waals surface area contributed by atoms with Gasteiger partial charge in [0.25, 0.3) is 0 Å². The van der Waals surface area contributed by atoms with Gasteiger partial charge in [0, 0.05) is 25.2 Å². The lowest BCUT2D eigenvalue weighted by molar-refractivity contribution is 0.497. The molecule has 1 rings (SSSR count). The second-order valence-electron chi connectivity index (χ2n) is 4.08. The van der Waals surface area contributed by atoms with Gasteiger partial charge in [0.1, 0.15) is 0 Å². The fraction of sp³-hybridized carbons (Fsp3) is 0.750.